The summed E-state index contributed by atoms with van der Waals surface area (Å²) in [6.45, 7) is 6.47. The van der Waals surface area contributed by atoms with E-state index >= 15 is 0 Å². The van der Waals surface area contributed by atoms with Crippen LogP contribution in [-0.2, 0) is 28.6 Å². The summed E-state index contributed by atoms with van der Waals surface area (Å²) in [5, 5.41) is 0. The molecule has 0 saturated carbocycles. The molecule has 386 valence electrons. The lowest BCUT2D eigenvalue weighted by Gasteiger charge is -2.18. The van der Waals surface area contributed by atoms with Crippen molar-refractivity contribution in [1.82, 2.24) is 0 Å². The van der Waals surface area contributed by atoms with Crippen molar-refractivity contribution >= 4 is 17.9 Å². The lowest BCUT2D eigenvalue weighted by molar-refractivity contribution is -0.167. The van der Waals surface area contributed by atoms with Gasteiger partial charge in [0.15, 0.2) is 6.10 Å². The van der Waals surface area contributed by atoms with E-state index in [0.717, 1.165) is 96.3 Å². The molecule has 0 aromatic rings. The number of ether oxygens (including phenoxy) is 3. The smallest absolute Gasteiger partial charge is 0.306 e. The summed E-state index contributed by atoms with van der Waals surface area (Å²) in [4.78, 5) is 37.9. The van der Waals surface area contributed by atoms with Crippen LogP contribution in [0.4, 0.5) is 0 Å². The first kappa shape index (κ1) is 63.8. The molecule has 0 bridgehead atoms. The van der Waals surface area contributed by atoms with Crippen molar-refractivity contribution < 1.29 is 28.6 Å². The maximum atomic E-state index is 12.8. The van der Waals surface area contributed by atoms with Gasteiger partial charge in [0.05, 0.1) is 0 Å². The zero-order chi connectivity index (χ0) is 48.6. The molecule has 1 unspecified atom stereocenters. The Labute approximate surface area is 414 Å². The van der Waals surface area contributed by atoms with Gasteiger partial charge in [-0.1, -0.05) is 241 Å². The van der Waals surface area contributed by atoms with Gasteiger partial charge >= 0.3 is 17.9 Å². The van der Waals surface area contributed by atoms with Gasteiger partial charge in [-0.25, -0.2) is 0 Å². The quantitative estimate of drug-likeness (QED) is 0.0262. The van der Waals surface area contributed by atoms with Gasteiger partial charge in [-0.15, -0.1) is 0 Å². The van der Waals surface area contributed by atoms with E-state index < -0.39 is 6.10 Å². The first-order valence-electron chi connectivity index (χ1n) is 28.4. The van der Waals surface area contributed by atoms with Crippen LogP contribution in [0.5, 0.6) is 0 Å². The monoisotopic (exact) mass is 935 g/mol. The van der Waals surface area contributed by atoms with E-state index in [9.17, 15) is 14.4 Å². The Morgan fingerprint density at radius 3 is 0.940 bits per heavy atom. The van der Waals surface area contributed by atoms with Crippen LogP contribution >= 0.6 is 0 Å². The Balaban J connectivity index is 4.17. The van der Waals surface area contributed by atoms with Crippen LogP contribution in [0, 0.1) is 0 Å². The third kappa shape index (κ3) is 53.7. The van der Waals surface area contributed by atoms with Gasteiger partial charge in [-0.2, -0.15) is 0 Å². The average Bonchev–Trinajstić information content (AvgIpc) is 3.33. The third-order valence-corrected chi connectivity index (χ3v) is 12.2. The van der Waals surface area contributed by atoms with Crippen LogP contribution in [-0.4, -0.2) is 37.2 Å². The second-order valence-corrected chi connectivity index (χ2v) is 18.8. The highest BCUT2D eigenvalue weighted by molar-refractivity contribution is 5.71. The SMILES string of the molecule is CC/C=C\C/C=C\C/C=C\C/C=C\CCCCCCCCCCCCCCC(=O)OCC(COC(=O)CCCCCCCCC)OC(=O)CCCCCCCCC/C=C\C/C=C\CCCCC. The van der Waals surface area contributed by atoms with Crippen molar-refractivity contribution in [3.63, 3.8) is 0 Å². The van der Waals surface area contributed by atoms with E-state index in [0.29, 0.717) is 19.3 Å². The van der Waals surface area contributed by atoms with Crippen molar-refractivity contribution in [1.29, 1.82) is 0 Å². The molecular formula is C61H106O6. The number of rotatable bonds is 51. The molecule has 67 heavy (non-hydrogen) atoms. The van der Waals surface area contributed by atoms with Gasteiger partial charge in [0.2, 0.25) is 0 Å². The van der Waals surface area contributed by atoms with Crippen molar-refractivity contribution in [3.05, 3.63) is 72.9 Å². The van der Waals surface area contributed by atoms with E-state index in [-0.39, 0.29) is 31.1 Å². The summed E-state index contributed by atoms with van der Waals surface area (Å²) >= 11 is 0. The number of carbonyl (C=O) groups is 3. The minimum absolute atomic E-state index is 0.0774. The first-order chi connectivity index (χ1) is 33.0. The van der Waals surface area contributed by atoms with Crippen molar-refractivity contribution in [2.75, 3.05) is 13.2 Å². The molecule has 1 atom stereocenters. The predicted molar refractivity (Wildman–Crippen MR) is 288 cm³/mol. The van der Waals surface area contributed by atoms with Gasteiger partial charge in [0.25, 0.3) is 0 Å². The molecule has 0 amide bonds. The van der Waals surface area contributed by atoms with Crippen LogP contribution in [0.2, 0.25) is 0 Å². The summed E-state index contributed by atoms with van der Waals surface area (Å²) in [5.41, 5.74) is 0. The second-order valence-electron chi connectivity index (χ2n) is 18.8. The standard InChI is InChI=1S/C61H106O6/c1-4-7-10-13-16-18-20-22-24-26-27-28-29-30-31-32-33-35-36-38-40-42-45-48-51-54-60(63)66-57-58(56-65-59(62)53-50-47-44-15-12-9-6-3)67-61(64)55-52-49-46-43-41-39-37-34-25-23-21-19-17-14-11-8-5-2/h7,10,16-19,22-25,27-28,58H,4-6,8-9,11-15,20-21,26,29-57H2,1-3H3/b10-7-,18-16-,19-17-,24-22-,25-23-,28-27-. The van der Waals surface area contributed by atoms with Gasteiger partial charge in [-0.05, 0) is 89.9 Å². The molecule has 0 fully saturated rings. The predicted octanol–water partition coefficient (Wildman–Crippen LogP) is 19.0. The Morgan fingerprint density at radius 2 is 0.582 bits per heavy atom. The lowest BCUT2D eigenvalue weighted by atomic mass is 10.0. The van der Waals surface area contributed by atoms with E-state index in [1.165, 1.54) is 141 Å². The molecule has 0 aromatic heterocycles. The summed E-state index contributed by atoms with van der Waals surface area (Å²) in [6.07, 6.45) is 70.5. The topological polar surface area (TPSA) is 78.9 Å². The van der Waals surface area contributed by atoms with Gasteiger partial charge in [0, 0.05) is 19.3 Å². The molecule has 0 N–H and O–H groups in total. The summed E-state index contributed by atoms with van der Waals surface area (Å²) in [7, 11) is 0. The number of esters is 3. The minimum Gasteiger partial charge on any atom is -0.462 e. The normalized spacial score (nSPS) is 12.6. The zero-order valence-electron chi connectivity index (χ0n) is 44.2. The molecule has 0 spiro atoms. The summed E-state index contributed by atoms with van der Waals surface area (Å²) in [6, 6.07) is 0. The van der Waals surface area contributed by atoms with Crippen LogP contribution < -0.4 is 0 Å². The zero-order valence-corrected chi connectivity index (χ0v) is 44.2. The average molecular weight is 936 g/mol. The van der Waals surface area contributed by atoms with Gasteiger partial charge in [0.1, 0.15) is 13.2 Å². The van der Waals surface area contributed by atoms with E-state index in [1.807, 2.05) is 0 Å². The molecule has 6 nitrogen and oxygen atoms in total. The van der Waals surface area contributed by atoms with Crippen molar-refractivity contribution in [2.45, 2.75) is 284 Å². The molecule has 0 aromatic carbocycles. The van der Waals surface area contributed by atoms with Crippen molar-refractivity contribution in [3.8, 4) is 0 Å². The van der Waals surface area contributed by atoms with Crippen LogP contribution in [0.3, 0.4) is 0 Å². The van der Waals surface area contributed by atoms with Crippen LogP contribution in [0.15, 0.2) is 72.9 Å². The highest BCUT2D eigenvalue weighted by Gasteiger charge is 2.19. The summed E-state index contributed by atoms with van der Waals surface area (Å²) < 4.78 is 16.8. The highest BCUT2D eigenvalue weighted by Crippen LogP contribution is 2.15. The first-order valence-corrected chi connectivity index (χ1v) is 28.4. The fraction of sp³-hybridized carbons (Fsp3) is 0.754. The molecule has 0 aliphatic rings. The maximum Gasteiger partial charge on any atom is 0.306 e. The molecule has 0 radical (unpaired) electrons. The van der Waals surface area contributed by atoms with E-state index in [2.05, 4.69) is 93.7 Å². The Kier molecular flexibility index (Phi) is 52.8. The maximum absolute atomic E-state index is 12.8. The lowest BCUT2D eigenvalue weighted by Crippen LogP contribution is -2.30. The molecule has 0 saturated heterocycles. The fourth-order valence-corrected chi connectivity index (χ4v) is 7.93. The Bertz CT molecular complexity index is 1260. The molecule has 0 aliphatic carbocycles. The van der Waals surface area contributed by atoms with Crippen LogP contribution in [0.1, 0.15) is 278 Å². The number of allylic oxidation sites excluding steroid dienone is 12. The van der Waals surface area contributed by atoms with Gasteiger partial charge < -0.3 is 14.2 Å². The van der Waals surface area contributed by atoms with E-state index in [1.54, 1.807) is 0 Å². The highest BCUT2D eigenvalue weighted by atomic mass is 16.6. The second kappa shape index (κ2) is 55.4. The van der Waals surface area contributed by atoms with Gasteiger partial charge in [-0.3, -0.25) is 14.4 Å². The number of hydrogen-bond donors (Lipinski definition) is 0. The Hall–Kier alpha value is -3.15. The van der Waals surface area contributed by atoms with Crippen LogP contribution in [0.25, 0.3) is 0 Å². The fourth-order valence-electron chi connectivity index (χ4n) is 7.93. The molecule has 6 heteroatoms. The van der Waals surface area contributed by atoms with Crippen molar-refractivity contribution in [2.24, 2.45) is 0 Å². The number of unbranched alkanes of at least 4 members (excludes halogenated alkanes) is 28. The molecular weight excluding hydrogens is 829 g/mol. The molecule has 0 heterocycles. The third-order valence-electron chi connectivity index (χ3n) is 12.2. The molecule has 0 aliphatic heterocycles. The number of hydrogen-bond acceptors (Lipinski definition) is 6. The van der Waals surface area contributed by atoms with E-state index in [4.69, 9.17) is 14.2 Å². The largest absolute Gasteiger partial charge is 0.462 e. The minimum atomic E-state index is -0.776. The molecule has 0 rings (SSSR count). The number of carbonyl (C=O) groups excluding carboxylic acids is 3. The Morgan fingerprint density at radius 1 is 0.313 bits per heavy atom. The summed E-state index contributed by atoms with van der Waals surface area (Å²) in [5.74, 6) is -0.887.